The maximum Gasteiger partial charge on any atom is 0.178 e. The average Bonchev–Trinajstić information content (AvgIpc) is 3.22. The molecular weight excluding hydrogens is 352 g/mol. The van der Waals surface area contributed by atoms with E-state index < -0.39 is 0 Å². The summed E-state index contributed by atoms with van der Waals surface area (Å²) in [5, 5.41) is 0. The number of benzene rings is 1. The number of pyridine rings is 1. The van der Waals surface area contributed by atoms with E-state index in [1.165, 1.54) is 5.56 Å². The van der Waals surface area contributed by atoms with Crippen LogP contribution in [0.25, 0.3) is 11.5 Å². The Morgan fingerprint density at radius 3 is 2.57 bits per heavy atom. The molecule has 0 N–H and O–H groups in total. The minimum absolute atomic E-state index is 0.429. The number of aromatic nitrogens is 3. The number of methoxy groups -OCH3 is 2. The van der Waals surface area contributed by atoms with Gasteiger partial charge in [0.25, 0.3) is 0 Å². The highest BCUT2D eigenvalue weighted by Crippen LogP contribution is 2.39. The summed E-state index contributed by atoms with van der Waals surface area (Å²) in [5.74, 6) is 2.72. The van der Waals surface area contributed by atoms with Gasteiger partial charge in [-0.05, 0) is 31.2 Å². The summed E-state index contributed by atoms with van der Waals surface area (Å²) in [6.07, 6.45) is 6.65. The second-order valence-electron chi connectivity index (χ2n) is 6.93. The summed E-state index contributed by atoms with van der Waals surface area (Å²) in [7, 11) is 3.38. The summed E-state index contributed by atoms with van der Waals surface area (Å²) in [6, 6.07) is 11.9. The number of para-hydroxylation sites is 1. The molecule has 0 radical (unpaired) electrons. The lowest BCUT2D eigenvalue weighted by molar-refractivity contribution is 0.322. The van der Waals surface area contributed by atoms with Crippen molar-refractivity contribution in [1.82, 2.24) is 19.9 Å². The Kier molecular flexibility index (Phi) is 5.48. The fraction of sp³-hybridized carbons (Fsp3) is 0.318. The maximum atomic E-state index is 5.62. The number of rotatable bonds is 6. The maximum absolute atomic E-state index is 5.62. The molecule has 1 aliphatic heterocycles. The number of hydrogen-bond donors (Lipinski definition) is 0. The minimum atomic E-state index is 0.429. The Balaban J connectivity index is 1.43. The van der Waals surface area contributed by atoms with Crippen molar-refractivity contribution in [3.05, 3.63) is 66.1 Å². The first kappa shape index (κ1) is 18.4. The zero-order valence-electron chi connectivity index (χ0n) is 16.2. The first-order valence-electron chi connectivity index (χ1n) is 9.44. The molecule has 0 saturated carbocycles. The van der Waals surface area contributed by atoms with E-state index >= 15 is 0 Å². The van der Waals surface area contributed by atoms with Crippen LogP contribution < -0.4 is 9.47 Å². The van der Waals surface area contributed by atoms with E-state index in [1.807, 2.05) is 42.7 Å². The molecule has 1 fully saturated rings. The summed E-state index contributed by atoms with van der Waals surface area (Å²) in [5.41, 5.74) is 3.12. The monoisotopic (exact) mass is 376 g/mol. The SMILES string of the molecule is COc1cccc(C2CCN(Cc3cnc(-c4ccccn4)nc3)C2)c1OC. The van der Waals surface area contributed by atoms with Gasteiger partial charge in [-0.1, -0.05) is 18.2 Å². The third-order valence-electron chi connectivity index (χ3n) is 5.15. The molecule has 6 heteroatoms. The Morgan fingerprint density at radius 1 is 1.00 bits per heavy atom. The van der Waals surface area contributed by atoms with Crippen LogP contribution in [0.4, 0.5) is 0 Å². The summed E-state index contributed by atoms with van der Waals surface area (Å²) < 4.78 is 11.1. The van der Waals surface area contributed by atoms with Crippen LogP contribution >= 0.6 is 0 Å². The molecule has 1 aliphatic rings. The molecule has 28 heavy (non-hydrogen) atoms. The first-order chi connectivity index (χ1) is 13.8. The lowest BCUT2D eigenvalue weighted by Gasteiger charge is -2.18. The summed E-state index contributed by atoms with van der Waals surface area (Å²) in [4.78, 5) is 15.7. The van der Waals surface area contributed by atoms with Gasteiger partial charge in [-0.2, -0.15) is 0 Å². The molecule has 3 aromatic rings. The van der Waals surface area contributed by atoms with Gasteiger partial charge in [0.05, 0.1) is 14.2 Å². The van der Waals surface area contributed by atoms with Crippen molar-refractivity contribution in [3.63, 3.8) is 0 Å². The molecule has 1 saturated heterocycles. The van der Waals surface area contributed by atoms with Crippen molar-refractivity contribution in [2.45, 2.75) is 18.9 Å². The quantitative estimate of drug-likeness (QED) is 0.656. The number of nitrogens with zero attached hydrogens (tertiary/aromatic N) is 4. The van der Waals surface area contributed by atoms with Gasteiger partial charge in [0, 0.05) is 48.7 Å². The lowest BCUT2D eigenvalue weighted by atomic mass is 9.97. The molecule has 0 spiro atoms. The van der Waals surface area contributed by atoms with Crippen LogP contribution in [0.1, 0.15) is 23.5 Å². The zero-order chi connectivity index (χ0) is 19.3. The standard InChI is InChI=1S/C22H24N4O2/c1-27-20-8-5-6-18(21(20)28-2)17-9-11-26(15-17)14-16-12-24-22(25-13-16)19-7-3-4-10-23-19/h3-8,10,12-13,17H,9,11,14-15H2,1-2H3. The molecule has 6 nitrogen and oxygen atoms in total. The molecule has 0 amide bonds. The summed E-state index contributed by atoms with van der Waals surface area (Å²) in [6.45, 7) is 2.85. The highest BCUT2D eigenvalue weighted by molar-refractivity contribution is 5.49. The van der Waals surface area contributed by atoms with E-state index in [4.69, 9.17) is 9.47 Å². The minimum Gasteiger partial charge on any atom is -0.493 e. The number of likely N-dealkylation sites (tertiary alicyclic amines) is 1. The van der Waals surface area contributed by atoms with Gasteiger partial charge in [0.15, 0.2) is 17.3 Å². The van der Waals surface area contributed by atoms with Gasteiger partial charge in [0.2, 0.25) is 0 Å². The molecular formula is C22H24N4O2. The third kappa shape index (κ3) is 3.82. The molecule has 1 atom stereocenters. The zero-order valence-corrected chi connectivity index (χ0v) is 16.2. The fourth-order valence-corrected chi connectivity index (χ4v) is 3.79. The van der Waals surface area contributed by atoms with Gasteiger partial charge in [-0.25, -0.2) is 9.97 Å². The van der Waals surface area contributed by atoms with Crippen molar-refractivity contribution in [2.24, 2.45) is 0 Å². The number of hydrogen-bond acceptors (Lipinski definition) is 6. The summed E-state index contributed by atoms with van der Waals surface area (Å²) >= 11 is 0. The van der Waals surface area contributed by atoms with Crippen LogP contribution in [0, 0.1) is 0 Å². The molecule has 144 valence electrons. The topological polar surface area (TPSA) is 60.4 Å². The Bertz CT molecular complexity index is 916. The molecule has 1 aromatic carbocycles. The Labute approximate surface area is 165 Å². The fourth-order valence-electron chi connectivity index (χ4n) is 3.79. The van der Waals surface area contributed by atoms with Gasteiger partial charge >= 0.3 is 0 Å². The van der Waals surface area contributed by atoms with Crippen LogP contribution in [-0.2, 0) is 6.54 Å². The van der Waals surface area contributed by atoms with Crippen LogP contribution in [0.3, 0.4) is 0 Å². The predicted octanol–water partition coefficient (Wildman–Crippen LogP) is 3.55. The highest BCUT2D eigenvalue weighted by atomic mass is 16.5. The Morgan fingerprint density at radius 2 is 1.86 bits per heavy atom. The van der Waals surface area contributed by atoms with Crippen molar-refractivity contribution in [3.8, 4) is 23.0 Å². The molecule has 3 heterocycles. The van der Waals surface area contributed by atoms with Gasteiger partial charge in [-0.3, -0.25) is 9.88 Å². The van der Waals surface area contributed by atoms with Gasteiger partial charge in [0.1, 0.15) is 5.69 Å². The van der Waals surface area contributed by atoms with E-state index in [1.54, 1.807) is 20.4 Å². The second-order valence-corrected chi connectivity index (χ2v) is 6.93. The van der Waals surface area contributed by atoms with Crippen molar-refractivity contribution in [1.29, 1.82) is 0 Å². The molecule has 0 aliphatic carbocycles. The molecule has 0 bridgehead atoms. The first-order valence-corrected chi connectivity index (χ1v) is 9.44. The van der Waals surface area contributed by atoms with E-state index in [0.717, 1.165) is 48.8 Å². The van der Waals surface area contributed by atoms with Gasteiger partial charge in [-0.15, -0.1) is 0 Å². The average molecular weight is 376 g/mol. The smallest absolute Gasteiger partial charge is 0.178 e. The normalized spacial score (nSPS) is 16.9. The van der Waals surface area contributed by atoms with Crippen LogP contribution in [0.2, 0.25) is 0 Å². The Hall–Kier alpha value is -2.99. The van der Waals surface area contributed by atoms with Crippen LogP contribution in [0.15, 0.2) is 55.0 Å². The highest BCUT2D eigenvalue weighted by Gasteiger charge is 2.27. The molecule has 4 rings (SSSR count). The molecule has 2 aromatic heterocycles. The molecule has 1 unspecified atom stereocenters. The van der Waals surface area contributed by atoms with Crippen LogP contribution in [0.5, 0.6) is 11.5 Å². The third-order valence-corrected chi connectivity index (χ3v) is 5.15. The largest absolute Gasteiger partial charge is 0.493 e. The lowest BCUT2D eigenvalue weighted by Crippen LogP contribution is -2.20. The van der Waals surface area contributed by atoms with Gasteiger partial charge < -0.3 is 9.47 Å². The van der Waals surface area contributed by atoms with Crippen molar-refractivity contribution >= 4 is 0 Å². The number of ether oxygens (including phenoxy) is 2. The van der Waals surface area contributed by atoms with E-state index in [9.17, 15) is 0 Å². The van der Waals surface area contributed by atoms with E-state index in [0.29, 0.717) is 11.7 Å². The predicted molar refractivity (Wildman–Crippen MR) is 107 cm³/mol. The van der Waals surface area contributed by atoms with E-state index in [2.05, 4.69) is 25.9 Å². The van der Waals surface area contributed by atoms with E-state index in [-0.39, 0.29) is 0 Å². The second kappa shape index (κ2) is 8.35. The van der Waals surface area contributed by atoms with Crippen LogP contribution in [-0.4, -0.2) is 47.2 Å². The van der Waals surface area contributed by atoms with Crippen molar-refractivity contribution < 1.29 is 9.47 Å². The van der Waals surface area contributed by atoms with Crippen molar-refractivity contribution in [2.75, 3.05) is 27.3 Å².